The summed E-state index contributed by atoms with van der Waals surface area (Å²) in [6.45, 7) is 1.62. The van der Waals surface area contributed by atoms with Gasteiger partial charge < -0.3 is 10.5 Å². The van der Waals surface area contributed by atoms with Crippen LogP contribution in [0.25, 0.3) is 0 Å². The molecule has 0 radical (unpaired) electrons. The lowest BCUT2D eigenvalue weighted by molar-refractivity contribution is -0.141. The molecule has 0 aromatic carbocycles. The van der Waals surface area contributed by atoms with Gasteiger partial charge in [-0.15, -0.1) is 0 Å². The van der Waals surface area contributed by atoms with Crippen LogP contribution >= 0.6 is 12.6 Å². The summed E-state index contributed by atoms with van der Waals surface area (Å²) >= 11 is 3.90. The maximum absolute atomic E-state index is 10.2. The van der Waals surface area contributed by atoms with Crippen molar-refractivity contribution in [2.45, 2.75) is 13.0 Å². The molecule has 3 nitrogen and oxygen atoms in total. The van der Waals surface area contributed by atoms with E-state index in [2.05, 4.69) is 17.4 Å². The monoisotopic (exact) mass is 149 g/mol. The summed E-state index contributed by atoms with van der Waals surface area (Å²) in [6.07, 6.45) is 0. The van der Waals surface area contributed by atoms with Gasteiger partial charge in [0.25, 0.3) is 0 Å². The van der Waals surface area contributed by atoms with Gasteiger partial charge in [-0.2, -0.15) is 12.6 Å². The number of rotatable bonds is 3. The number of ether oxygens (including phenoxy) is 1. The Bertz CT molecular complexity index is 97.0. The van der Waals surface area contributed by atoms with Gasteiger partial charge in [0, 0.05) is 18.7 Å². The van der Waals surface area contributed by atoms with E-state index in [1.807, 2.05) is 0 Å². The summed E-state index contributed by atoms with van der Waals surface area (Å²) in [7, 11) is 0. The van der Waals surface area contributed by atoms with Crippen molar-refractivity contribution in [2.24, 2.45) is 5.73 Å². The first kappa shape index (κ1) is 8.78. The number of thiol groups is 1. The zero-order valence-electron chi connectivity index (χ0n) is 5.33. The van der Waals surface area contributed by atoms with Gasteiger partial charge >= 0.3 is 5.97 Å². The van der Waals surface area contributed by atoms with Gasteiger partial charge in [0.2, 0.25) is 0 Å². The molecule has 0 aromatic rings. The van der Waals surface area contributed by atoms with Crippen molar-refractivity contribution in [1.82, 2.24) is 0 Å². The lowest BCUT2D eigenvalue weighted by Gasteiger charge is -2.06. The number of carbonyl (C=O) groups excluding carboxylic acids is 1. The number of nitrogens with two attached hydrogens (primary N) is 1. The molecule has 54 valence electrons. The Morgan fingerprint density at radius 1 is 1.89 bits per heavy atom. The van der Waals surface area contributed by atoms with E-state index in [-0.39, 0.29) is 18.6 Å². The van der Waals surface area contributed by atoms with Crippen LogP contribution in [0.1, 0.15) is 6.92 Å². The maximum Gasteiger partial charge on any atom is 0.302 e. The Kier molecular flexibility index (Phi) is 4.53. The van der Waals surface area contributed by atoms with E-state index >= 15 is 0 Å². The van der Waals surface area contributed by atoms with Gasteiger partial charge in [-0.25, -0.2) is 0 Å². The minimum absolute atomic E-state index is 0.141. The molecule has 0 heterocycles. The van der Waals surface area contributed by atoms with Crippen LogP contribution in [0, 0.1) is 0 Å². The van der Waals surface area contributed by atoms with Crippen molar-refractivity contribution in [3.05, 3.63) is 0 Å². The third-order valence-corrected chi connectivity index (χ3v) is 1.20. The predicted molar refractivity (Wildman–Crippen MR) is 38.5 cm³/mol. The normalized spacial score (nSPS) is 12.8. The molecule has 1 atom stereocenters. The lowest BCUT2D eigenvalue weighted by atomic mass is 10.4. The van der Waals surface area contributed by atoms with E-state index in [0.29, 0.717) is 5.75 Å². The first-order chi connectivity index (χ1) is 4.16. The second-order valence-corrected chi connectivity index (χ2v) is 2.11. The second-order valence-electron chi connectivity index (χ2n) is 1.75. The Morgan fingerprint density at radius 3 is 2.78 bits per heavy atom. The SMILES string of the molecule is CC(=O)OC[C@H](N)CS. The third kappa shape index (κ3) is 5.65. The fourth-order valence-electron chi connectivity index (χ4n) is 0.277. The van der Waals surface area contributed by atoms with Crippen molar-refractivity contribution in [1.29, 1.82) is 0 Å². The fraction of sp³-hybridized carbons (Fsp3) is 0.800. The summed E-state index contributed by atoms with van der Waals surface area (Å²) in [5.74, 6) is 0.236. The van der Waals surface area contributed by atoms with Gasteiger partial charge in [0.1, 0.15) is 6.61 Å². The van der Waals surface area contributed by atoms with Crippen LogP contribution in [0.3, 0.4) is 0 Å². The molecular formula is C5H11NO2S. The van der Waals surface area contributed by atoms with Gasteiger partial charge in [0.05, 0.1) is 0 Å². The summed E-state index contributed by atoms with van der Waals surface area (Å²) in [6, 6.07) is -0.141. The van der Waals surface area contributed by atoms with Crippen LogP contribution in [0.4, 0.5) is 0 Å². The molecule has 0 saturated heterocycles. The molecular weight excluding hydrogens is 138 g/mol. The number of hydrogen-bond acceptors (Lipinski definition) is 4. The standard InChI is InChI=1S/C5H11NO2S/c1-4(7)8-2-5(6)3-9/h5,9H,2-3,6H2,1H3/t5-/m0/s1. The predicted octanol–water partition coefficient (Wildman–Crippen LogP) is -0.193. The Labute approximate surface area is 60.0 Å². The summed E-state index contributed by atoms with van der Waals surface area (Å²) in [5, 5.41) is 0. The molecule has 0 amide bonds. The smallest absolute Gasteiger partial charge is 0.302 e. The Morgan fingerprint density at radius 2 is 2.44 bits per heavy atom. The average molecular weight is 149 g/mol. The molecule has 9 heavy (non-hydrogen) atoms. The minimum Gasteiger partial charge on any atom is -0.464 e. The number of hydrogen-bond donors (Lipinski definition) is 2. The van der Waals surface area contributed by atoms with Crippen molar-refractivity contribution in [3.8, 4) is 0 Å². The van der Waals surface area contributed by atoms with Crippen molar-refractivity contribution >= 4 is 18.6 Å². The van der Waals surface area contributed by atoms with Crippen molar-refractivity contribution in [3.63, 3.8) is 0 Å². The second kappa shape index (κ2) is 4.64. The van der Waals surface area contributed by atoms with Gasteiger partial charge in [-0.3, -0.25) is 4.79 Å². The minimum atomic E-state index is -0.299. The van der Waals surface area contributed by atoms with Gasteiger partial charge in [-0.1, -0.05) is 0 Å². The molecule has 0 aromatic heterocycles. The lowest BCUT2D eigenvalue weighted by Crippen LogP contribution is -2.28. The van der Waals surface area contributed by atoms with E-state index < -0.39 is 0 Å². The van der Waals surface area contributed by atoms with Gasteiger partial charge in [0.15, 0.2) is 0 Å². The van der Waals surface area contributed by atoms with E-state index in [1.165, 1.54) is 6.92 Å². The van der Waals surface area contributed by atoms with Crippen LogP contribution in [0.2, 0.25) is 0 Å². The Hall–Kier alpha value is -0.220. The van der Waals surface area contributed by atoms with Crippen LogP contribution in [-0.2, 0) is 9.53 Å². The molecule has 0 spiro atoms. The van der Waals surface area contributed by atoms with Crippen LogP contribution in [-0.4, -0.2) is 24.4 Å². The van der Waals surface area contributed by atoms with Crippen molar-refractivity contribution in [2.75, 3.05) is 12.4 Å². The highest BCUT2D eigenvalue weighted by Gasteiger charge is 1.99. The van der Waals surface area contributed by atoms with Crippen molar-refractivity contribution < 1.29 is 9.53 Å². The fourth-order valence-corrected chi connectivity index (χ4v) is 0.383. The summed E-state index contributed by atoms with van der Waals surface area (Å²) in [5.41, 5.74) is 5.37. The summed E-state index contributed by atoms with van der Waals surface area (Å²) in [4.78, 5) is 10.2. The van der Waals surface area contributed by atoms with Crippen LogP contribution in [0.15, 0.2) is 0 Å². The molecule has 0 fully saturated rings. The maximum atomic E-state index is 10.2. The molecule has 4 heteroatoms. The van der Waals surface area contributed by atoms with E-state index in [1.54, 1.807) is 0 Å². The molecule has 2 N–H and O–H groups in total. The molecule has 0 aliphatic heterocycles. The first-order valence-corrected chi connectivity index (χ1v) is 3.30. The molecule has 0 aliphatic carbocycles. The zero-order valence-corrected chi connectivity index (χ0v) is 6.23. The first-order valence-electron chi connectivity index (χ1n) is 2.66. The van der Waals surface area contributed by atoms with Crippen LogP contribution in [0.5, 0.6) is 0 Å². The zero-order chi connectivity index (χ0) is 7.28. The highest BCUT2D eigenvalue weighted by Crippen LogP contribution is 1.84. The number of carbonyl (C=O) groups is 1. The molecule has 0 bridgehead atoms. The van der Waals surface area contributed by atoms with Crippen LogP contribution < -0.4 is 5.73 Å². The molecule has 0 rings (SSSR count). The summed E-state index contributed by atoms with van der Waals surface area (Å²) < 4.78 is 4.58. The average Bonchev–Trinajstić information content (AvgIpc) is 1.83. The molecule has 0 saturated carbocycles. The highest BCUT2D eigenvalue weighted by molar-refractivity contribution is 7.80. The third-order valence-electron chi connectivity index (χ3n) is 0.735. The Balaban J connectivity index is 3.16. The quantitative estimate of drug-likeness (QED) is 0.432. The topological polar surface area (TPSA) is 52.3 Å². The molecule has 0 unspecified atom stereocenters. The van der Waals surface area contributed by atoms with E-state index in [0.717, 1.165) is 0 Å². The molecule has 0 aliphatic rings. The number of esters is 1. The van der Waals surface area contributed by atoms with Gasteiger partial charge in [-0.05, 0) is 0 Å². The highest BCUT2D eigenvalue weighted by atomic mass is 32.1. The van der Waals surface area contributed by atoms with E-state index in [9.17, 15) is 4.79 Å². The largest absolute Gasteiger partial charge is 0.464 e. The van der Waals surface area contributed by atoms with E-state index in [4.69, 9.17) is 5.73 Å².